The average molecular weight is 268 g/mol. The molecule has 0 saturated carbocycles. The van der Waals surface area contributed by atoms with E-state index in [0.29, 0.717) is 11.7 Å². The standard InChI is InChI=1S/C19H24O/c1-6-12(2)16-8-7-9-18(20)19(16)17-11-10-13(3)14(4)15(17)5/h7-12,20H,6H2,1-5H3. The Morgan fingerprint density at radius 1 is 1.00 bits per heavy atom. The molecule has 0 aromatic heterocycles. The van der Waals surface area contributed by atoms with E-state index >= 15 is 0 Å². The average Bonchev–Trinajstić information content (AvgIpc) is 2.45. The molecule has 0 saturated heterocycles. The largest absolute Gasteiger partial charge is 0.507 e. The van der Waals surface area contributed by atoms with E-state index in [9.17, 15) is 5.11 Å². The summed E-state index contributed by atoms with van der Waals surface area (Å²) in [5, 5.41) is 10.4. The van der Waals surface area contributed by atoms with E-state index in [4.69, 9.17) is 0 Å². The highest BCUT2D eigenvalue weighted by Gasteiger charge is 2.17. The van der Waals surface area contributed by atoms with Crippen molar-refractivity contribution in [2.45, 2.75) is 47.0 Å². The van der Waals surface area contributed by atoms with Crippen LogP contribution in [0.5, 0.6) is 5.75 Å². The summed E-state index contributed by atoms with van der Waals surface area (Å²) in [6, 6.07) is 10.1. The molecule has 106 valence electrons. The summed E-state index contributed by atoms with van der Waals surface area (Å²) in [6.07, 6.45) is 1.07. The lowest BCUT2D eigenvalue weighted by Crippen LogP contribution is -1.98. The summed E-state index contributed by atoms with van der Waals surface area (Å²) < 4.78 is 0. The van der Waals surface area contributed by atoms with Gasteiger partial charge in [-0.15, -0.1) is 0 Å². The summed E-state index contributed by atoms with van der Waals surface area (Å²) in [5.41, 5.74) is 7.26. The topological polar surface area (TPSA) is 20.2 Å². The molecule has 0 bridgehead atoms. The van der Waals surface area contributed by atoms with Crippen molar-refractivity contribution in [3.8, 4) is 16.9 Å². The van der Waals surface area contributed by atoms with Crippen molar-refractivity contribution in [1.29, 1.82) is 0 Å². The van der Waals surface area contributed by atoms with Crippen molar-refractivity contribution in [1.82, 2.24) is 0 Å². The van der Waals surface area contributed by atoms with Gasteiger partial charge in [-0.05, 0) is 67.0 Å². The fraction of sp³-hybridized carbons (Fsp3) is 0.368. The number of phenols is 1. The molecule has 0 spiro atoms. The molecule has 2 rings (SSSR count). The molecule has 0 aliphatic rings. The maximum Gasteiger partial charge on any atom is 0.123 e. The van der Waals surface area contributed by atoms with Gasteiger partial charge in [-0.2, -0.15) is 0 Å². The molecule has 0 amide bonds. The number of benzene rings is 2. The van der Waals surface area contributed by atoms with Crippen LogP contribution in [0, 0.1) is 20.8 Å². The molecular formula is C19H24O. The van der Waals surface area contributed by atoms with Gasteiger partial charge in [0.1, 0.15) is 5.75 Å². The van der Waals surface area contributed by atoms with Gasteiger partial charge in [-0.3, -0.25) is 0 Å². The Labute approximate surface area is 122 Å². The molecule has 1 heteroatoms. The maximum absolute atomic E-state index is 10.4. The van der Waals surface area contributed by atoms with Crippen molar-refractivity contribution in [3.05, 3.63) is 52.6 Å². The smallest absolute Gasteiger partial charge is 0.123 e. The highest BCUT2D eigenvalue weighted by Crippen LogP contribution is 2.39. The second kappa shape index (κ2) is 5.70. The quantitative estimate of drug-likeness (QED) is 0.779. The SMILES string of the molecule is CCC(C)c1cccc(O)c1-c1ccc(C)c(C)c1C. The van der Waals surface area contributed by atoms with Crippen LogP contribution in [0.15, 0.2) is 30.3 Å². The first-order valence-electron chi connectivity index (χ1n) is 7.36. The molecule has 1 nitrogen and oxygen atoms in total. The summed E-state index contributed by atoms with van der Waals surface area (Å²) in [4.78, 5) is 0. The Hall–Kier alpha value is -1.76. The van der Waals surface area contributed by atoms with E-state index < -0.39 is 0 Å². The van der Waals surface area contributed by atoms with Crippen LogP contribution in [0.25, 0.3) is 11.1 Å². The number of hydrogen-bond acceptors (Lipinski definition) is 1. The lowest BCUT2D eigenvalue weighted by Gasteiger charge is -2.19. The Kier molecular flexibility index (Phi) is 4.17. The first kappa shape index (κ1) is 14.6. The molecule has 20 heavy (non-hydrogen) atoms. The molecule has 0 radical (unpaired) electrons. The first-order chi connectivity index (χ1) is 9.47. The van der Waals surface area contributed by atoms with Crippen molar-refractivity contribution >= 4 is 0 Å². The molecular weight excluding hydrogens is 244 g/mol. The summed E-state index contributed by atoms with van der Waals surface area (Å²) in [6.45, 7) is 10.8. The highest BCUT2D eigenvalue weighted by atomic mass is 16.3. The minimum absolute atomic E-state index is 0.383. The Morgan fingerprint density at radius 3 is 2.35 bits per heavy atom. The van der Waals surface area contributed by atoms with E-state index in [1.54, 1.807) is 6.07 Å². The van der Waals surface area contributed by atoms with Crippen LogP contribution in [0.1, 0.15) is 48.4 Å². The van der Waals surface area contributed by atoms with Gasteiger partial charge in [-0.1, -0.05) is 38.1 Å². The zero-order valence-electron chi connectivity index (χ0n) is 13.1. The maximum atomic E-state index is 10.4. The molecule has 1 N–H and O–H groups in total. The van der Waals surface area contributed by atoms with Crippen LogP contribution >= 0.6 is 0 Å². The number of aromatic hydroxyl groups is 1. The van der Waals surface area contributed by atoms with Gasteiger partial charge in [-0.25, -0.2) is 0 Å². The molecule has 0 aliphatic carbocycles. The predicted octanol–water partition coefficient (Wildman–Crippen LogP) is 5.50. The lowest BCUT2D eigenvalue weighted by atomic mass is 9.86. The minimum Gasteiger partial charge on any atom is -0.507 e. The second-order valence-corrected chi connectivity index (χ2v) is 5.73. The van der Waals surface area contributed by atoms with Gasteiger partial charge in [0.25, 0.3) is 0 Å². The molecule has 2 aromatic carbocycles. The molecule has 0 fully saturated rings. The van der Waals surface area contributed by atoms with Crippen molar-refractivity contribution in [2.24, 2.45) is 0 Å². The summed E-state index contributed by atoms with van der Waals surface area (Å²) >= 11 is 0. The first-order valence-corrected chi connectivity index (χ1v) is 7.36. The number of hydrogen-bond donors (Lipinski definition) is 1. The third kappa shape index (κ3) is 2.45. The van der Waals surface area contributed by atoms with Gasteiger partial charge in [0, 0.05) is 5.56 Å². The number of phenolic OH excluding ortho intramolecular Hbond substituents is 1. The van der Waals surface area contributed by atoms with Gasteiger partial charge < -0.3 is 5.11 Å². The van der Waals surface area contributed by atoms with E-state index in [1.807, 2.05) is 6.07 Å². The summed E-state index contributed by atoms with van der Waals surface area (Å²) in [7, 11) is 0. The molecule has 0 heterocycles. The third-order valence-corrected chi connectivity index (χ3v) is 4.55. The Bertz CT molecular complexity index is 626. The van der Waals surface area contributed by atoms with E-state index in [-0.39, 0.29) is 0 Å². The third-order valence-electron chi connectivity index (χ3n) is 4.55. The second-order valence-electron chi connectivity index (χ2n) is 5.73. The number of rotatable bonds is 3. The highest BCUT2D eigenvalue weighted by molar-refractivity contribution is 5.78. The van der Waals surface area contributed by atoms with Gasteiger partial charge in [0.2, 0.25) is 0 Å². The van der Waals surface area contributed by atoms with Crippen LogP contribution in [-0.4, -0.2) is 5.11 Å². The molecule has 2 aromatic rings. The van der Waals surface area contributed by atoms with Crippen LogP contribution in [0.4, 0.5) is 0 Å². The molecule has 1 unspecified atom stereocenters. The van der Waals surface area contributed by atoms with Crippen molar-refractivity contribution in [3.63, 3.8) is 0 Å². The van der Waals surface area contributed by atoms with E-state index in [2.05, 4.69) is 52.8 Å². The molecule has 1 atom stereocenters. The fourth-order valence-corrected chi connectivity index (χ4v) is 2.71. The van der Waals surface area contributed by atoms with E-state index in [1.165, 1.54) is 22.3 Å². The van der Waals surface area contributed by atoms with Crippen LogP contribution in [-0.2, 0) is 0 Å². The van der Waals surface area contributed by atoms with E-state index in [0.717, 1.165) is 17.5 Å². The lowest BCUT2D eigenvalue weighted by molar-refractivity contribution is 0.476. The van der Waals surface area contributed by atoms with Crippen LogP contribution in [0.2, 0.25) is 0 Å². The van der Waals surface area contributed by atoms with Crippen LogP contribution in [0.3, 0.4) is 0 Å². The predicted molar refractivity (Wildman–Crippen MR) is 86.5 cm³/mol. The Balaban J connectivity index is 2.73. The normalized spacial score (nSPS) is 12.4. The summed E-state index contributed by atoms with van der Waals surface area (Å²) in [5.74, 6) is 0.826. The van der Waals surface area contributed by atoms with Crippen molar-refractivity contribution in [2.75, 3.05) is 0 Å². The fourth-order valence-electron chi connectivity index (χ4n) is 2.71. The van der Waals surface area contributed by atoms with Gasteiger partial charge in [0.15, 0.2) is 0 Å². The van der Waals surface area contributed by atoms with Gasteiger partial charge in [0.05, 0.1) is 0 Å². The van der Waals surface area contributed by atoms with Crippen LogP contribution < -0.4 is 0 Å². The molecule has 0 aliphatic heterocycles. The number of aryl methyl sites for hydroxylation is 1. The zero-order valence-corrected chi connectivity index (χ0v) is 13.1. The monoisotopic (exact) mass is 268 g/mol. The van der Waals surface area contributed by atoms with Crippen molar-refractivity contribution < 1.29 is 5.11 Å². The minimum atomic E-state index is 0.383. The zero-order chi connectivity index (χ0) is 14.9. The van der Waals surface area contributed by atoms with Gasteiger partial charge >= 0.3 is 0 Å². The Morgan fingerprint density at radius 2 is 1.70 bits per heavy atom.